The minimum atomic E-state index is -3.26. The lowest BCUT2D eigenvalue weighted by molar-refractivity contribution is 0.559. The number of rotatable bonds is 5. The van der Waals surface area contributed by atoms with E-state index >= 15 is 0 Å². The number of benzene rings is 1. The van der Waals surface area contributed by atoms with E-state index in [9.17, 15) is 16.8 Å². The monoisotopic (exact) mass is 332 g/mol. The fraction of sp³-hybridized carbons (Fsp3) is 0.538. The summed E-state index contributed by atoms with van der Waals surface area (Å²) < 4.78 is 48.1. The smallest absolute Gasteiger partial charge is 0.232 e. The summed E-state index contributed by atoms with van der Waals surface area (Å²) in [7, 11) is -6.12. The van der Waals surface area contributed by atoms with E-state index < -0.39 is 19.9 Å². The van der Waals surface area contributed by atoms with Crippen LogP contribution in [-0.2, 0) is 19.9 Å². The maximum atomic E-state index is 11.4. The zero-order valence-corrected chi connectivity index (χ0v) is 13.5. The van der Waals surface area contributed by atoms with Gasteiger partial charge in [0, 0.05) is 17.4 Å². The average molecular weight is 332 g/mol. The van der Waals surface area contributed by atoms with E-state index in [1.54, 1.807) is 31.2 Å². The minimum absolute atomic E-state index is 0.0313. The van der Waals surface area contributed by atoms with E-state index in [0.29, 0.717) is 18.5 Å². The van der Waals surface area contributed by atoms with Gasteiger partial charge in [0.1, 0.15) is 9.84 Å². The molecule has 0 spiro atoms. The lowest BCUT2D eigenvalue weighted by Gasteiger charge is -2.24. The van der Waals surface area contributed by atoms with Gasteiger partial charge in [0.25, 0.3) is 0 Å². The van der Waals surface area contributed by atoms with E-state index in [0.717, 1.165) is 5.69 Å². The van der Waals surface area contributed by atoms with Gasteiger partial charge in [-0.15, -0.1) is 0 Å². The maximum Gasteiger partial charge on any atom is 0.232 e. The molecule has 6 nitrogen and oxygen atoms in total. The molecule has 1 aromatic rings. The summed E-state index contributed by atoms with van der Waals surface area (Å²) in [6, 6.07) is 7.10. The molecule has 1 saturated heterocycles. The Balaban J connectivity index is 1.94. The topological polar surface area (TPSA) is 92.3 Å². The zero-order chi connectivity index (χ0) is 15.5. The Morgan fingerprint density at radius 1 is 1.10 bits per heavy atom. The normalized spacial score (nSPS) is 19.1. The zero-order valence-electron chi connectivity index (χ0n) is 11.9. The standard InChI is InChI=1S/C13H20N2O4S2/c1-2-21(18,19)15-13-5-3-11(4-6-13)14-12-7-9-20(16,17)10-8-12/h3-6,12,14-15H,2,7-10H2,1H3. The summed E-state index contributed by atoms with van der Waals surface area (Å²) in [6.07, 6.45) is 1.21. The molecule has 0 radical (unpaired) electrons. The van der Waals surface area contributed by atoms with Crippen LogP contribution < -0.4 is 10.0 Å². The second kappa shape index (κ2) is 6.23. The van der Waals surface area contributed by atoms with Gasteiger partial charge in [-0.2, -0.15) is 0 Å². The van der Waals surface area contributed by atoms with E-state index in [4.69, 9.17) is 0 Å². The molecule has 2 N–H and O–H groups in total. The molecule has 0 atom stereocenters. The first-order chi connectivity index (χ1) is 9.80. The van der Waals surface area contributed by atoms with Crippen molar-refractivity contribution in [1.29, 1.82) is 0 Å². The van der Waals surface area contributed by atoms with Crippen LogP contribution in [0.2, 0.25) is 0 Å². The van der Waals surface area contributed by atoms with Crippen molar-refractivity contribution >= 4 is 31.2 Å². The third kappa shape index (κ3) is 4.89. The van der Waals surface area contributed by atoms with Gasteiger partial charge < -0.3 is 5.32 Å². The van der Waals surface area contributed by atoms with Crippen LogP contribution in [-0.4, -0.2) is 40.1 Å². The molecule has 1 aliphatic rings. The molecule has 118 valence electrons. The Hall–Kier alpha value is -1.28. The van der Waals surface area contributed by atoms with Crippen LogP contribution in [0.4, 0.5) is 11.4 Å². The molecule has 1 heterocycles. The minimum Gasteiger partial charge on any atom is -0.382 e. The van der Waals surface area contributed by atoms with Crippen molar-refractivity contribution in [2.75, 3.05) is 27.3 Å². The van der Waals surface area contributed by atoms with Gasteiger partial charge in [-0.1, -0.05) is 0 Å². The molecule has 1 fully saturated rings. The molecule has 0 saturated carbocycles. The quantitative estimate of drug-likeness (QED) is 0.851. The lowest BCUT2D eigenvalue weighted by Crippen LogP contribution is -2.32. The molecule has 2 rings (SSSR count). The Morgan fingerprint density at radius 2 is 1.62 bits per heavy atom. The number of nitrogens with one attached hydrogen (secondary N) is 2. The highest BCUT2D eigenvalue weighted by Gasteiger charge is 2.23. The van der Waals surface area contributed by atoms with Crippen LogP contribution in [0.15, 0.2) is 24.3 Å². The second-order valence-corrected chi connectivity index (χ2v) is 9.47. The van der Waals surface area contributed by atoms with Crippen molar-refractivity contribution in [3.63, 3.8) is 0 Å². The Labute approximate surface area is 125 Å². The summed E-state index contributed by atoms with van der Waals surface area (Å²) in [5, 5.41) is 3.28. The molecule has 1 aromatic carbocycles. The molecule has 0 bridgehead atoms. The summed E-state index contributed by atoms with van der Waals surface area (Å²) in [4.78, 5) is 0. The van der Waals surface area contributed by atoms with Gasteiger partial charge in [0.15, 0.2) is 0 Å². The number of hydrogen-bond donors (Lipinski definition) is 2. The van der Waals surface area contributed by atoms with Gasteiger partial charge >= 0.3 is 0 Å². The fourth-order valence-corrected chi connectivity index (χ4v) is 4.29. The number of anilines is 2. The van der Waals surface area contributed by atoms with Crippen molar-refractivity contribution in [1.82, 2.24) is 0 Å². The molecule has 0 aromatic heterocycles. The van der Waals surface area contributed by atoms with Gasteiger partial charge in [-0.05, 0) is 44.0 Å². The summed E-state index contributed by atoms with van der Waals surface area (Å²) in [6.45, 7) is 1.58. The highest BCUT2D eigenvalue weighted by atomic mass is 32.2. The largest absolute Gasteiger partial charge is 0.382 e. The first-order valence-corrected chi connectivity index (χ1v) is 10.3. The molecule has 0 unspecified atom stereocenters. The fourth-order valence-electron chi connectivity index (χ4n) is 2.16. The van der Waals surface area contributed by atoms with Crippen LogP contribution in [0, 0.1) is 0 Å². The number of sulfone groups is 1. The molecule has 1 aliphatic heterocycles. The van der Waals surface area contributed by atoms with E-state index in [-0.39, 0.29) is 23.3 Å². The van der Waals surface area contributed by atoms with Crippen LogP contribution in [0.1, 0.15) is 19.8 Å². The molecular weight excluding hydrogens is 312 g/mol. The van der Waals surface area contributed by atoms with E-state index in [1.807, 2.05) is 0 Å². The molecule has 0 amide bonds. The summed E-state index contributed by atoms with van der Waals surface area (Å²) in [5.74, 6) is 0.474. The predicted molar refractivity (Wildman–Crippen MR) is 84.8 cm³/mol. The van der Waals surface area contributed by atoms with Crippen molar-refractivity contribution in [3.05, 3.63) is 24.3 Å². The lowest BCUT2D eigenvalue weighted by atomic mass is 10.1. The van der Waals surface area contributed by atoms with E-state index in [2.05, 4.69) is 10.0 Å². The van der Waals surface area contributed by atoms with Crippen LogP contribution in [0.3, 0.4) is 0 Å². The molecular formula is C13H20N2O4S2. The Morgan fingerprint density at radius 3 is 2.14 bits per heavy atom. The first-order valence-electron chi connectivity index (χ1n) is 6.87. The summed E-state index contributed by atoms with van der Waals surface area (Å²) >= 11 is 0. The number of sulfonamides is 1. The first kappa shape index (κ1) is 16.1. The van der Waals surface area contributed by atoms with Gasteiger partial charge in [0.2, 0.25) is 10.0 Å². The highest BCUT2D eigenvalue weighted by molar-refractivity contribution is 7.92. The SMILES string of the molecule is CCS(=O)(=O)Nc1ccc(NC2CCS(=O)(=O)CC2)cc1. The van der Waals surface area contributed by atoms with Crippen LogP contribution in [0.25, 0.3) is 0 Å². The average Bonchev–Trinajstić information content (AvgIpc) is 2.43. The van der Waals surface area contributed by atoms with Gasteiger partial charge in [0.05, 0.1) is 17.3 Å². The van der Waals surface area contributed by atoms with Crippen LogP contribution >= 0.6 is 0 Å². The Kier molecular flexibility index (Phi) is 4.77. The third-order valence-electron chi connectivity index (χ3n) is 3.46. The van der Waals surface area contributed by atoms with Gasteiger partial charge in [-0.25, -0.2) is 16.8 Å². The molecule has 0 aliphatic carbocycles. The highest BCUT2D eigenvalue weighted by Crippen LogP contribution is 2.20. The maximum absolute atomic E-state index is 11.4. The number of hydrogen-bond acceptors (Lipinski definition) is 5. The van der Waals surface area contributed by atoms with Crippen molar-refractivity contribution in [3.8, 4) is 0 Å². The van der Waals surface area contributed by atoms with E-state index in [1.165, 1.54) is 0 Å². The third-order valence-corrected chi connectivity index (χ3v) is 6.49. The van der Waals surface area contributed by atoms with Crippen molar-refractivity contribution < 1.29 is 16.8 Å². The van der Waals surface area contributed by atoms with Crippen molar-refractivity contribution in [2.45, 2.75) is 25.8 Å². The predicted octanol–water partition coefficient (Wildman–Crippen LogP) is 1.44. The Bertz CT molecular complexity index is 667. The molecule has 21 heavy (non-hydrogen) atoms. The van der Waals surface area contributed by atoms with Crippen LogP contribution in [0.5, 0.6) is 0 Å². The summed E-state index contributed by atoms with van der Waals surface area (Å²) in [5.41, 5.74) is 1.38. The van der Waals surface area contributed by atoms with Crippen molar-refractivity contribution in [2.24, 2.45) is 0 Å². The molecule has 8 heteroatoms. The second-order valence-electron chi connectivity index (χ2n) is 5.15. The van der Waals surface area contributed by atoms with Gasteiger partial charge in [-0.3, -0.25) is 4.72 Å².